The van der Waals surface area contributed by atoms with E-state index < -0.39 is 30.3 Å². The summed E-state index contributed by atoms with van der Waals surface area (Å²) in [6.45, 7) is 1.57. The Morgan fingerprint density at radius 3 is 2.86 bits per heavy atom. The number of halogens is 2. The quantitative estimate of drug-likeness (QED) is 0.753. The van der Waals surface area contributed by atoms with E-state index in [-0.39, 0.29) is 29.5 Å². The minimum atomic E-state index is -0.959. The van der Waals surface area contributed by atoms with Crippen LogP contribution in [0, 0.1) is 18.7 Å². The highest BCUT2D eigenvalue weighted by atomic mass is 35.5. The molecule has 0 spiro atoms. The summed E-state index contributed by atoms with van der Waals surface area (Å²) in [5.41, 5.74) is 1.65. The molecule has 6 nitrogen and oxygen atoms in total. The van der Waals surface area contributed by atoms with Crippen LogP contribution in [0.5, 0.6) is 5.75 Å². The Labute approximate surface area is 173 Å². The number of nitrogens with zero attached hydrogens (tertiary/aromatic N) is 1. The average Bonchev–Trinajstić information content (AvgIpc) is 3.10. The van der Waals surface area contributed by atoms with Crippen LogP contribution in [0.15, 0.2) is 36.4 Å². The number of ether oxygens (including phenoxy) is 1. The van der Waals surface area contributed by atoms with Crippen LogP contribution in [-0.4, -0.2) is 37.2 Å². The van der Waals surface area contributed by atoms with Crippen LogP contribution in [0.4, 0.5) is 10.1 Å². The van der Waals surface area contributed by atoms with Gasteiger partial charge in [-0.05, 0) is 30.7 Å². The Bertz CT molecular complexity index is 937. The van der Waals surface area contributed by atoms with Crippen LogP contribution >= 0.6 is 11.6 Å². The Hall–Kier alpha value is -2.64. The third-order valence-electron chi connectivity index (χ3n) is 4.98. The zero-order valence-electron chi connectivity index (χ0n) is 16.1. The molecule has 2 aromatic rings. The fourth-order valence-electron chi connectivity index (χ4n) is 3.43. The number of aliphatic hydroxyl groups excluding tert-OH is 1. The molecule has 3 rings (SSSR count). The van der Waals surface area contributed by atoms with Gasteiger partial charge in [0.25, 0.3) is 0 Å². The molecule has 29 heavy (non-hydrogen) atoms. The van der Waals surface area contributed by atoms with Crippen molar-refractivity contribution < 1.29 is 23.8 Å². The van der Waals surface area contributed by atoms with Crippen LogP contribution in [0.25, 0.3) is 0 Å². The molecule has 154 valence electrons. The second-order valence-electron chi connectivity index (χ2n) is 6.97. The van der Waals surface area contributed by atoms with Crippen molar-refractivity contribution in [2.24, 2.45) is 5.92 Å². The molecule has 2 N–H and O–H groups in total. The van der Waals surface area contributed by atoms with E-state index >= 15 is 0 Å². The Kier molecular flexibility index (Phi) is 6.39. The summed E-state index contributed by atoms with van der Waals surface area (Å²) in [6.07, 6.45) is 0.0130. The largest absolute Gasteiger partial charge is 0.495 e. The van der Waals surface area contributed by atoms with Gasteiger partial charge in [-0.25, -0.2) is 4.39 Å². The maximum absolute atomic E-state index is 14.3. The monoisotopic (exact) mass is 420 g/mol. The number of anilines is 1. The summed E-state index contributed by atoms with van der Waals surface area (Å²) in [4.78, 5) is 26.8. The lowest BCUT2D eigenvalue weighted by Crippen LogP contribution is -2.37. The van der Waals surface area contributed by atoms with Gasteiger partial charge in [-0.1, -0.05) is 29.8 Å². The van der Waals surface area contributed by atoms with Crippen LogP contribution in [-0.2, 0) is 9.59 Å². The first-order chi connectivity index (χ1) is 13.8. The minimum Gasteiger partial charge on any atom is -0.495 e. The van der Waals surface area contributed by atoms with Crippen LogP contribution < -0.4 is 15.0 Å². The number of nitrogens with one attached hydrogen (secondary N) is 1. The zero-order chi connectivity index (χ0) is 21.1. The molecule has 8 heteroatoms. The normalized spacial score (nSPS) is 17.3. The summed E-state index contributed by atoms with van der Waals surface area (Å²) < 4.78 is 19.6. The van der Waals surface area contributed by atoms with Gasteiger partial charge in [-0.3, -0.25) is 9.59 Å². The zero-order valence-corrected chi connectivity index (χ0v) is 16.9. The molecule has 2 amide bonds. The van der Waals surface area contributed by atoms with Crippen LogP contribution in [0.2, 0.25) is 5.02 Å². The predicted molar refractivity (Wildman–Crippen MR) is 108 cm³/mol. The number of carbonyl (C=O) groups excluding carboxylic acids is 2. The third-order valence-corrected chi connectivity index (χ3v) is 5.27. The number of hydrogen-bond donors (Lipinski definition) is 2. The van der Waals surface area contributed by atoms with Crippen molar-refractivity contribution in [2.75, 3.05) is 25.2 Å². The second-order valence-corrected chi connectivity index (χ2v) is 7.37. The molecule has 1 fully saturated rings. The molecule has 1 saturated heterocycles. The number of amides is 2. The highest BCUT2D eigenvalue weighted by Crippen LogP contribution is 2.34. The maximum atomic E-state index is 14.3. The highest BCUT2D eigenvalue weighted by Gasteiger charge is 2.37. The van der Waals surface area contributed by atoms with E-state index in [0.29, 0.717) is 11.4 Å². The molecule has 1 heterocycles. The van der Waals surface area contributed by atoms with Gasteiger partial charge in [-0.15, -0.1) is 0 Å². The maximum Gasteiger partial charge on any atom is 0.227 e. The molecular weight excluding hydrogens is 399 g/mol. The summed E-state index contributed by atoms with van der Waals surface area (Å²) in [5.74, 6) is -1.43. The number of carbonyl (C=O) groups is 2. The van der Waals surface area contributed by atoms with Crippen molar-refractivity contribution in [3.63, 3.8) is 0 Å². The fourth-order valence-corrected chi connectivity index (χ4v) is 3.61. The first-order valence-corrected chi connectivity index (χ1v) is 9.53. The fraction of sp³-hybridized carbons (Fsp3) is 0.333. The summed E-state index contributed by atoms with van der Waals surface area (Å²) >= 11 is 5.79. The number of hydrogen-bond acceptors (Lipinski definition) is 4. The lowest BCUT2D eigenvalue weighted by atomic mass is 10.0. The SMILES string of the molecule is COc1ccc(C)cc1N1C[C@@H](C(=O)N[C@@H](CO)c2cccc(Cl)c2F)CC1=O. The van der Waals surface area contributed by atoms with E-state index in [1.165, 1.54) is 24.1 Å². The number of aliphatic hydroxyl groups is 1. The van der Waals surface area contributed by atoms with E-state index in [1.54, 1.807) is 12.1 Å². The van der Waals surface area contributed by atoms with E-state index in [1.807, 2.05) is 19.1 Å². The van der Waals surface area contributed by atoms with Crippen molar-refractivity contribution in [1.29, 1.82) is 0 Å². The Morgan fingerprint density at radius 2 is 2.17 bits per heavy atom. The standard InChI is InChI=1S/C21H22ClFN2O4/c1-12-6-7-18(29-2)17(8-12)25-10-13(9-19(25)27)21(28)24-16(11-26)14-4-3-5-15(22)20(14)23/h3-8,13,16,26H,9-11H2,1-2H3,(H,24,28)/t13-,16-/m0/s1. The number of benzene rings is 2. The van der Waals surface area contributed by atoms with Crippen molar-refractivity contribution >= 4 is 29.1 Å². The van der Waals surface area contributed by atoms with Gasteiger partial charge >= 0.3 is 0 Å². The van der Waals surface area contributed by atoms with Gasteiger partial charge in [-0.2, -0.15) is 0 Å². The van der Waals surface area contributed by atoms with Gasteiger partial charge in [0.1, 0.15) is 11.6 Å². The molecular formula is C21H22ClFN2O4. The first-order valence-electron chi connectivity index (χ1n) is 9.15. The molecule has 1 aliphatic rings. The number of methoxy groups -OCH3 is 1. The molecule has 0 radical (unpaired) electrons. The molecule has 2 atom stereocenters. The summed E-state index contributed by atoms with van der Waals surface area (Å²) in [5, 5.41) is 12.2. The predicted octanol–water partition coefficient (Wildman–Crippen LogP) is 3.00. The molecule has 0 unspecified atom stereocenters. The Morgan fingerprint density at radius 1 is 1.41 bits per heavy atom. The first kappa shape index (κ1) is 21.1. The third kappa shape index (κ3) is 4.36. The molecule has 1 aliphatic heterocycles. The van der Waals surface area contributed by atoms with E-state index in [0.717, 1.165) is 5.56 Å². The molecule has 0 aliphatic carbocycles. The number of rotatable bonds is 6. The van der Waals surface area contributed by atoms with Crippen molar-refractivity contribution in [1.82, 2.24) is 5.32 Å². The van der Waals surface area contributed by atoms with Gasteiger partial charge in [0.2, 0.25) is 11.8 Å². The van der Waals surface area contributed by atoms with Crippen LogP contribution in [0.3, 0.4) is 0 Å². The summed E-state index contributed by atoms with van der Waals surface area (Å²) in [7, 11) is 1.52. The van der Waals surface area contributed by atoms with Gasteiger partial charge in [0, 0.05) is 18.5 Å². The van der Waals surface area contributed by atoms with E-state index in [2.05, 4.69) is 5.32 Å². The topological polar surface area (TPSA) is 78.9 Å². The Balaban J connectivity index is 1.76. The van der Waals surface area contributed by atoms with Gasteiger partial charge < -0.3 is 20.1 Å². The minimum absolute atomic E-state index is 0.0130. The smallest absolute Gasteiger partial charge is 0.227 e. The van der Waals surface area contributed by atoms with E-state index in [4.69, 9.17) is 16.3 Å². The highest BCUT2D eigenvalue weighted by molar-refractivity contribution is 6.30. The number of aryl methyl sites for hydroxylation is 1. The average molecular weight is 421 g/mol. The lowest BCUT2D eigenvalue weighted by molar-refractivity contribution is -0.127. The van der Waals surface area contributed by atoms with Crippen molar-refractivity contribution in [2.45, 2.75) is 19.4 Å². The van der Waals surface area contributed by atoms with Crippen molar-refractivity contribution in [3.05, 3.63) is 58.4 Å². The van der Waals surface area contributed by atoms with Crippen LogP contribution in [0.1, 0.15) is 23.6 Å². The molecule has 0 aromatic heterocycles. The van der Waals surface area contributed by atoms with E-state index in [9.17, 15) is 19.1 Å². The molecule has 0 bridgehead atoms. The van der Waals surface area contributed by atoms with Gasteiger partial charge in [0.15, 0.2) is 0 Å². The van der Waals surface area contributed by atoms with Crippen molar-refractivity contribution in [3.8, 4) is 5.75 Å². The lowest BCUT2D eigenvalue weighted by Gasteiger charge is -2.22. The van der Waals surface area contributed by atoms with Gasteiger partial charge in [0.05, 0.1) is 36.4 Å². The second kappa shape index (κ2) is 8.80. The molecule has 2 aromatic carbocycles. The summed E-state index contributed by atoms with van der Waals surface area (Å²) in [6, 6.07) is 8.90. The molecule has 0 saturated carbocycles.